The van der Waals surface area contributed by atoms with Crippen molar-refractivity contribution in [1.82, 2.24) is 10.2 Å². The summed E-state index contributed by atoms with van der Waals surface area (Å²) >= 11 is 0. The number of carbonyl (C=O) groups excluding carboxylic acids is 2. The number of anilines is 1. The lowest BCUT2D eigenvalue weighted by Crippen LogP contribution is -2.30. The van der Waals surface area contributed by atoms with Crippen LogP contribution in [-0.2, 0) is 21.8 Å². The molecule has 2 aromatic carbocycles. The SMILES string of the molecule is Br.CCOc1cc2c(cc1C(=O)NC)C(=N)N(CC(=O)c1cc(NCS(C)(=O)=O)cc(C(C)(C)C)c1)C2. The van der Waals surface area contributed by atoms with Crippen LogP contribution in [0.3, 0.4) is 0 Å². The highest BCUT2D eigenvalue weighted by Crippen LogP contribution is 2.31. The zero-order chi connectivity index (χ0) is 26.8. The summed E-state index contributed by atoms with van der Waals surface area (Å²) in [6, 6.07) is 8.71. The standard InChI is InChI=1S/C26H34N4O5S.BrH/c1-7-35-23-10-17-13-30(24(27)20(17)12-21(23)25(32)28-5)14-22(31)16-8-18(26(2,3)4)11-19(9-16)29-15-36(6,33)34;/h8-12,27,29H,7,13-15H2,1-6H3,(H,28,32);1H. The molecule has 3 N–H and O–H groups in total. The van der Waals surface area contributed by atoms with E-state index in [1.54, 1.807) is 23.1 Å². The van der Waals surface area contributed by atoms with Crippen molar-refractivity contribution < 1.29 is 22.7 Å². The van der Waals surface area contributed by atoms with Gasteiger partial charge in [-0.25, -0.2) is 8.42 Å². The fourth-order valence-electron chi connectivity index (χ4n) is 3.95. The molecule has 0 fully saturated rings. The lowest BCUT2D eigenvalue weighted by atomic mass is 9.85. The maximum atomic E-state index is 13.3. The van der Waals surface area contributed by atoms with Crippen LogP contribution < -0.4 is 15.4 Å². The van der Waals surface area contributed by atoms with Crippen LogP contribution in [0.5, 0.6) is 5.75 Å². The minimum absolute atomic E-state index is 0. The zero-order valence-electron chi connectivity index (χ0n) is 22.0. The number of Topliss-reactive ketones (excluding diaryl/α,β-unsaturated/α-hetero) is 1. The third-order valence-corrected chi connectivity index (χ3v) is 6.57. The molecule has 1 aliphatic heterocycles. The Kier molecular flexibility index (Phi) is 9.53. The number of carbonyl (C=O) groups is 2. The zero-order valence-corrected chi connectivity index (χ0v) is 24.5. The molecule has 11 heteroatoms. The van der Waals surface area contributed by atoms with Crippen LogP contribution >= 0.6 is 17.0 Å². The van der Waals surface area contributed by atoms with E-state index in [1.165, 1.54) is 7.05 Å². The number of benzene rings is 2. The van der Waals surface area contributed by atoms with E-state index in [2.05, 4.69) is 10.6 Å². The Morgan fingerprint density at radius 2 is 1.81 bits per heavy atom. The number of amidine groups is 1. The molecule has 0 aromatic heterocycles. The van der Waals surface area contributed by atoms with Gasteiger partial charge in [0.05, 0.1) is 18.7 Å². The molecule has 0 spiro atoms. The molecule has 1 heterocycles. The lowest BCUT2D eigenvalue weighted by molar-refractivity contribution is 0.0953. The number of rotatable bonds is 9. The summed E-state index contributed by atoms with van der Waals surface area (Å²) in [5, 5.41) is 14.1. The molecule has 1 aliphatic rings. The minimum atomic E-state index is -3.25. The van der Waals surface area contributed by atoms with Gasteiger partial charge in [0.25, 0.3) is 5.91 Å². The molecule has 0 saturated carbocycles. The average Bonchev–Trinajstić information content (AvgIpc) is 3.09. The second kappa shape index (κ2) is 11.6. The molecule has 3 rings (SSSR count). The number of amides is 1. The first kappa shape index (κ1) is 30.3. The smallest absolute Gasteiger partial charge is 0.254 e. The van der Waals surface area contributed by atoms with Crippen LogP contribution in [0.2, 0.25) is 0 Å². The fourth-order valence-corrected chi connectivity index (χ4v) is 4.38. The highest BCUT2D eigenvalue weighted by Gasteiger charge is 2.29. The Balaban J connectivity index is 0.00000481. The molecule has 0 radical (unpaired) electrons. The number of ether oxygens (including phenoxy) is 1. The van der Waals surface area contributed by atoms with E-state index in [0.717, 1.165) is 17.4 Å². The third-order valence-electron chi connectivity index (χ3n) is 5.90. The molecule has 0 atom stereocenters. The van der Waals surface area contributed by atoms with Gasteiger partial charge in [-0.1, -0.05) is 20.8 Å². The van der Waals surface area contributed by atoms with Gasteiger partial charge in [0.2, 0.25) is 0 Å². The third kappa shape index (κ3) is 7.32. The number of hydrogen-bond acceptors (Lipinski definition) is 7. The number of hydrogen-bond donors (Lipinski definition) is 3. The van der Waals surface area contributed by atoms with Gasteiger partial charge in [-0.2, -0.15) is 0 Å². The Bertz CT molecular complexity index is 1320. The molecular formula is C26H35BrN4O5S. The first-order valence-corrected chi connectivity index (χ1v) is 13.8. The molecule has 9 nitrogen and oxygen atoms in total. The molecular weight excluding hydrogens is 560 g/mol. The molecule has 37 heavy (non-hydrogen) atoms. The maximum absolute atomic E-state index is 13.3. The monoisotopic (exact) mass is 594 g/mol. The van der Waals surface area contributed by atoms with Gasteiger partial charge >= 0.3 is 0 Å². The summed E-state index contributed by atoms with van der Waals surface area (Å²) in [6.07, 6.45) is 1.14. The second-order valence-electron chi connectivity index (χ2n) is 9.94. The highest BCUT2D eigenvalue weighted by molar-refractivity contribution is 8.93. The predicted molar refractivity (Wildman–Crippen MR) is 151 cm³/mol. The molecule has 0 unspecified atom stereocenters. The largest absolute Gasteiger partial charge is 0.493 e. The van der Waals surface area contributed by atoms with E-state index in [1.807, 2.05) is 39.8 Å². The number of sulfone groups is 1. The average molecular weight is 596 g/mol. The normalized spacial score (nSPS) is 13.0. The molecule has 0 saturated heterocycles. The highest BCUT2D eigenvalue weighted by atomic mass is 79.9. The molecule has 2 aromatic rings. The topological polar surface area (TPSA) is 129 Å². The van der Waals surface area contributed by atoms with Crippen LogP contribution in [-0.4, -0.2) is 63.2 Å². The molecule has 1 amide bonds. The Morgan fingerprint density at radius 3 is 2.38 bits per heavy atom. The maximum Gasteiger partial charge on any atom is 0.254 e. The van der Waals surface area contributed by atoms with Crippen molar-refractivity contribution in [2.45, 2.75) is 39.7 Å². The first-order valence-electron chi connectivity index (χ1n) is 11.7. The van der Waals surface area contributed by atoms with Crippen LogP contribution in [0, 0.1) is 5.41 Å². The summed E-state index contributed by atoms with van der Waals surface area (Å²) in [5.74, 6) is -0.143. The lowest BCUT2D eigenvalue weighted by Gasteiger charge is -2.22. The summed E-state index contributed by atoms with van der Waals surface area (Å²) in [5.41, 5.74) is 3.35. The van der Waals surface area contributed by atoms with Gasteiger partial charge in [0.1, 0.15) is 17.5 Å². The Labute approximate surface area is 229 Å². The second-order valence-corrected chi connectivity index (χ2v) is 12.1. The van der Waals surface area contributed by atoms with Crippen molar-refractivity contribution in [3.05, 3.63) is 58.1 Å². The molecule has 0 bridgehead atoms. The number of nitrogens with one attached hydrogen (secondary N) is 3. The van der Waals surface area contributed by atoms with Crippen LogP contribution in [0.25, 0.3) is 0 Å². The predicted octanol–water partition coefficient (Wildman–Crippen LogP) is 3.76. The number of halogens is 1. The Morgan fingerprint density at radius 1 is 1.14 bits per heavy atom. The molecule has 202 valence electrons. The van der Waals surface area contributed by atoms with Crippen LogP contribution in [0.4, 0.5) is 5.69 Å². The van der Waals surface area contributed by atoms with Crippen molar-refractivity contribution in [3.63, 3.8) is 0 Å². The van der Waals surface area contributed by atoms with Gasteiger partial charge in [0, 0.05) is 36.7 Å². The summed E-state index contributed by atoms with van der Waals surface area (Å²) in [7, 11) is -1.72. The van der Waals surface area contributed by atoms with Crippen molar-refractivity contribution in [1.29, 1.82) is 5.41 Å². The van der Waals surface area contributed by atoms with E-state index < -0.39 is 9.84 Å². The first-order chi connectivity index (χ1) is 16.7. The number of nitrogens with zero attached hydrogens (tertiary/aromatic N) is 1. The van der Waals surface area contributed by atoms with E-state index in [0.29, 0.717) is 41.3 Å². The minimum Gasteiger partial charge on any atom is -0.493 e. The van der Waals surface area contributed by atoms with Gasteiger partial charge in [0.15, 0.2) is 15.6 Å². The summed E-state index contributed by atoms with van der Waals surface area (Å²) in [6.45, 7) is 8.58. The van der Waals surface area contributed by atoms with E-state index >= 15 is 0 Å². The summed E-state index contributed by atoms with van der Waals surface area (Å²) in [4.78, 5) is 27.4. The van der Waals surface area contributed by atoms with Gasteiger partial charge in [-0.05, 0) is 53.8 Å². The van der Waals surface area contributed by atoms with Gasteiger partial charge in [-0.3, -0.25) is 15.0 Å². The van der Waals surface area contributed by atoms with E-state index in [9.17, 15) is 18.0 Å². The number of ketones is 1. The number of fused-ring (bicyclic) bond motifs is 1. The van der Waals surface area contributed by atoms with E-state index in [4.69, 9.17) is 10.1 Å². The van der Waals surface area contributed by atoms with Crippen molar-refractivity contribution in [2.75, 3.05) is 37.6 Å². The van der Waals surface area contributed by atoms with Gasteiger partial charge in [-0.15, -0.1) is 17.0 Å². The van der Waals surface area contributed by atoms with Crippen molar-refractivity contribution >= 4 is 50.0 Å². The molecule has 0 aliphatic carbocycles. The van der Waals surface area contributed by atoms with Gasteiger partial charge < -0.3 is 20.3 Å². The van der Waals surface area contributed by atoms with Crippen LogP contribution in [0.1, 0.15) is 65.1 Å². The van der Waals surface area contributed by atoms with Crippen LogP contribution in [0.15, 0.2) is 30.3 Å². The van der Waals surface area contributed by atoms with E-state index in [-0.39, 0.29) is 52.3 Å². The summed E-state index contributed by atoms with van der Waals surface area (Å²) < 4.78 is 28.9. The van der Waals surface area contributed by atoms with Crippen molar-refractivity contribution in [3.8, 4) is 5.75 Å². The fraction of sp³-hybridized carbons (Fsp3) is 0.423. The Hall–Kier alpha value is -2.92. The van der Waals surface area contributed by atoms with Crippen molar-refractivity contribution in [2.24, 2.45) is 0 Å². The quantitative estimate of drug-likeness (QED) is 0.377.